The highest BCUT2D eigenvalue weighted by Gasteiger charge is 2.11. The summed E-state index contributed by atoms with van der Waals surface area (Å²) in [7, 11) is 0. The van der Waals surface area contributed by atoms with Crippen LogP contribution in [0.3, 0.4) is 0 Å². The largest absolute Gasteiger partial charge is 0.462 e. The molecule has 0 saturated carbocycles. The van der Waals surface area contributed by atoms with Crippen LogP contribution in [-0.4, -0.2) is 18.5 Å². The zero-order chi connectivity index (χ0) is 20.3. The lowest BCUT2D eigenvalue weighted by molar-refractivity contribution is -0.134. The molecule has 3 rings (SSSR count). The molecular formula is C25H24O4. The summed E-state index contributed by atoms with van der Waals surface area (Å²) < 4.78 is 10.7. The number of carbonyl (C=O) groups excluding carboxylic acids is 2. The SMILES string of the molecule is O=C(CCc1ccccc1)Oc1cccc(C(=O)OCCCc2ccccc2)c1. The third-order valence-corrected chi connectivity index (χ3v) is 4.45. The molecule has 0 radical (unpaired) electrons. The van der Waals surface area contributed by atoms with Gasteiger partial charge in [-0.3, -0.25) is 4.79 Å². The Morgan fingerprint density at radius 3 is 2.07 bits per heavy atom. The summed E-state index contributed by atoms with van der Waals surface area (Å²) in [5.41, 5.74) is 2.67. The first-order chi connectivity index (χ1) is 14.2. The molecular weight excluding hydrogens is 364 g/mol. The summed E-state index contributed by atoms with van der Waals surface area (Å²) >= 11 is 0. The summed E-state index contributed by atoms with van der Waals surface area (Å²) in [5, 5.41) is 0. The van der Waals surface area contributed by atoms with Gasteiger partial charge >= 0.3 is 11.9 Å². The third-order valence-electron chi connectivity index (χ3n) is 4.45. The van der Waals surface area contributed by atoms with E-state index in [-0.39, 0.29) is 12.4 Å². The summed E-state index contributed by atoms with van der Waals surface area (Å²) in [6, 6.07) is 26.4. The van der Waals surface area contributed by atoms with Gasteiger partial charge in [0.2, 0.25) is 0 Å². The van der Waals surface area contributed by atoms with Crippen LogP contribution >= 0.6 is 0 Å². The quantitative estimate of drug-likeness (QED) is 0.294. The molecule has 148 valence electrons. The molecule has 0 aliphatic heterocycles. The van der Waals surface area contributed by atoms with Crippen LogP contribution in [0.15, 0.2) is 84.9 Å². The number of benzene rings is 3. The number of esters is 2. The van der Waals surface area contributed by atoms with Gasteiger partial charge in [-0.15, -0.1) is 0 Å². The predicted octanol–water partition coefficient (Wildman–Crippen LogP) is 5.01. The Labute approximate surface area is 171 Å². The molecule has 29 heavy (non-hydrogen) atoms. The Kier molecular flexibility index (Phi) is 7.58. The Morgan fingerprint density at radius 1 is 0.724 bits per heavy atom. The normalized spacial score (nSPS) is 10.3. The van der Waals surface area contributed by atoms with Crippen molar-refractivity contribution in [2.45, 2.75) is 25.7 Å². The molecule has 4 nitrogen and oxygen atoms in total. The Hall–Kier alpha value is -3.40. The van der Waals surface area contributed by atoms with Crippen molar-refractivity contribution >= 4 is 11.9 Å². The second kappa shape index (κ2) is 10.8. The molecule has 0 aromatic heterocycles. The predicted molar refractivity (Wildman–Crippen MR) is 112 cm³/mol. The maximum atomic E-state index is 12.2. The van der Waals surface area contributed by atoms with E-state index >= 15 is 0 Å². The molecule has 0 fully saturated rings. The van der Waals surface area contributed by atoms with E-state index in [9.17, 15) is 9.59 Å². The van der Waals surface area contributed by atoms with Crippen LogP contribution in [0.4, 0.5) is 0 Å². The van der Waals surface area contributed by atoms with Crippen LogP contribution in [0.5, 0.6) is 5.75 Å². The average Bonchev–Trinajstić information content (AvgIpc) is 2.77. The Morgan fingerprint density at radius 2 is 1.38 bits per heavy atom. The van der Waals surface area contributed by atoms with Gasteiger partial charge in [0.1, 0.15) is 5.75 Å². The van der Waals surface area contributed by atoms with Crippen molar-refractivity contribution in [2.75, 3.05) is 6.61 Å². The van der Waals surface area contributed by atoms with E-state index in [1.165, 1.54) is 5.56 Å². The molecule has 0 aliphatic carbocycles. The molecule has 0 heterocycles. The number of ether oxygens (including phenoxy) is 2. The Balaban J connectivity index is 1.44. The molecule has 0 saturated heterocycles. The molecule has 0 amide bonds. The van der Waals surface area contributed by atoms with Crippen molar-refractivity contribution in [2.24, 2.45) is 0 Å². The van der Waals surface area contributed by atoms with Crippen LogP contribution in [0.25, 0.3) is 0 Å². The lowest BCUT2D eigenvalue weighted by Gasteiger charge is -2.08. The van der Waals surface area contributed by atoms with Gasteiger partial charge in [0.05, 0.1) is 12.2 Å². The minimum Gasteiger partial charge on any atom is -0.462 e. The molecule has 3 aromatic rings. The van der Waals surface area contributed by atoms with E-state index < -0.39 is 5.97 Å². The van der Waals surface area contributed by atoms with Crippen molar-refractivity contribution in [3.63, 3.8) is 0 Å². The lowest BCUT2D eigenvalue weighted by atomic mass is 10.1. The molecule has 0 aliphatic rings. The van der Waals surface area contributed by atoms with Crippen LogP contribution in [-0.2, 0) is 22.4 Å². The highest BCUT2D eigenvalue weighted by atomic mass is 16.5. The molecule has 3 aromatic carbocycles. The standard InChI is InChI=1S/C25H24O4/c26-24(17-16-21-11-5-2-6-12-21)29-23-15-7-14-22(19-23)25(27)28-18-8-13-20-9-3-1-4-10-20/h1-7,9-12,14-15,19H,8,13,16-18H2. The third kappa shape index (κ3) is 6.92. The van der Waals surface area contributed by atoms with Gasteiger partial charge in [0, 0.05) is 6.42 Å². The molecule has 0 spiro atoms. The number of hydrogen-bond donors (Lipinski definition) is 0. The maximum Gasteiger partial charge on any atom is 0.338 e. The highest BCUT2D eigenvalue weighted by molar-refractivity contribution is 5.90. The van der Waals surface area contributed by atoms with Crippen molar-refractivity contribution in [3.8, 4) is 5.75 Å². The number of carbonyl (C=O) groups is 2. The summed E-state index contributed by atoms with van der Waals surface area (Å²) in [6.45, 7) is 0.342. The van der Waals surface area contributed by atoms with Gasteiger partial charge in [0.15, 0.2) is 0 Å². The van der Waals surface area contributed by atoms with Crippen LogP contribution in [0.1, 0.15) is 34.3 Å². The summed E-state index contributed by atoms with van der Waals surface area (Å²) in [6.07, 6.45) is 2.50. The van der Waals surface area contributed by atoms with Crippen molar-refractivity contribution in [1.29, 1.82) is 0 Å². The number of hydrogen-bond acceptors (Lipinski definition) is 4. The van der Waals surface area contributed by atoms with E-state index in [0.717, 1.165) is 18.4 Å². The topological polar surface area (TPSA) is 52.6 Å². The zero-order valence-electron chi connectivity index (χ0n) is 16.3. The zero-order valence-corrected chi connectivity index (χ0v) is 16.3. The average molecular weight is 388 g/mol. The van der Waals surface area contributed by atoms with Crippen molar-refractivity contribution < 1.29 is 19.1 Å². The van der Waals surface area contributed by atoms with Crippen molar-refractivity contribution in [3.05, 3.63) is 102 Å². The summed E-state index contributed by atoms with van der Waals surface area (Å²) in [4.78, 5) is 24.3. The van der Waals surface area contributed by atoms with E-state index in [0.29, 0.717) is 24.3 Å². The fourth-order valence-electron chi connectivity index (χ4n) is 2.93. The molecule has 0 bridgehead atoms. The molecule has 0 unspecified atom stereocenters. The second-order valence-electron chi connectivity index (χ2n) is 6.71. The molecule has 0 N–H and O–H groups in total. The lowest BCUT2D eigenvalue weighted by Crippen LogP contribution is -2.11. The van der Waals surface area contributed by atoms with E-state index in [1.807, 2.05) is 48.5 Å². The van der Waals surface area contributed by atoms with Gasteiger partial charge in [-0.25, -0.2) is 4.79 Å². The van der Waals surface area contributed by atoms with Gasteiger partial charge in [0.25, 0.3) is 0 Å². The first-order valence-electron chi connectivity index (χ1n) is 9.76. The minimum absolute atomic E-state index is 0.276. The van der Waals surface area contributed by atoms with Gasteiger partial charge in [-0.2, -0.15) is 0 Å². The van der Waals surface area contributed by atoms with E-state index in [1.54, 1.807) is 24.3 Å². The first-order valence-corrected chi connectivity index (χ1v) is 9.76. The Bertz CT molecular complexity index is 920. The molecule has 4 heteroatoms. The smallest absolute Gasteiger partial charge is 0.338 e. The van der Waals surface area contributed by atoms with Crippen LogP contribution in [0.2, 0.25) is 0 Å². The number of rotatable bonds is 9. The summed E-state index contributed by atoms with van der Waals surface area (Å²) in [5.74, 6) is -0.399. The van der Waals surface area contributed by atoms with E-state index in [4.69, 9.17) is 9.47 Å². The van der Waals surface area contributed by atoms with Crippen LogP contribution < -0.4 is 4.74 Å². The van der Waals surface area contributed by atoms with Gasteiger partial charge < -0.3 is 9.47 Å². The first kappa shape index (κ1) is 20.3. The maximum absolute atomic E-state index is 12.2. The minimum atomic E-state index is -0.416. The highest BCUT2D eigenvalue weighted by Crippen LogP contribution is 2.16. The fourth-order valence-corrected chi connectivity index (χ4v) is 2.93. The number of aryl methyl sites for hydroxylation is 2. The fraction of sp³-hybridized carbons (Fsp3) is 0.200. The van der Waals surface area contributed by atoms with Crippen LogP contribution in [0, 0.1) is 0 Å². The second-order valence-corrected chi connectivity index (χ2v) is 6.71. The van der Waals surface area contributed by atoms with E-state index in [2.05, 4.69) is 12.1 Å². The molecule has 0 atom stereocenters. The van der Waals surface area contributed by atoms with Gasteiger partial charge in [-0.1, -0.05) is 66.7 Å². The van der Waals surface area contributed by atoms with Gasteiger partial charge in [-0.05, 0) is 48.6 Å². The monoisotopic (exact) mass is 388 g/mol. The van der Waals surface area contributed by atoms with Crippen molar-refractivity contribution in [1.82, 2.24) is 0 Å².